The van der Waals surface area contributed by atoms with Crippen molar-refractivity contribution in [2.24, 2.45) is 0 Å². The Bertz CT molecular complexity index is 299. The Hall–Kier alpha value is -0.900. The van der Waals surface area contributed by atoms with Gasteiger partial charge in [-0.1, -0.05) is 0 Å². The maximum Gasteiger partial charge on any atom is 0.137 e. The predicted octanol–water partition coefficient (Wildman–Crippen LogP) is 1.07. The lowest BCUT2D eigenvalue weighted by atomic mass is 9.99. The highest BCUT2D eigenvalue weighted by Crippen LogP contribution is 2.21. The molecule has 1 N–H and O–H groups in total. The molecule has 0 aliphatic carbocycles. The van der Waals surface area contributed by atoms with Crippen LogP contribution in [0.15, 0.2) is 0 Å². The first-order valence-corrected chi connectivity index (χ1v) is 5.43. The van der Waals surface area contributed by atoms with Gasteiger partial charge in [0.2, 0.25) is 0 Å². The molecule has 1 aromatic heterocycles. The van der Waals surface area contributed by atoms with Crippen molar-refractivity contribution in [2.45, 2.75) is 39.2 Å². The van der Waals surface area contributed by atoms with Gasteiger partial charge in [0.1, 0.15) is 11.6 Å². The molecule has 0 spiro atoms. The van der Waals surface area contributed by atoms with Crippen LogP contribution in [0.3, 0.4) is 0 Å². The van der Waals surface area contributed by atoms with Gasteiger partial charge in [-0.05, 0) is 33.2 Å². The van der Waals surface area contributed by atoms with Crippen LogP contribution in [0.25, 0.3) is 0 Å². The van der Waals surface area contributed by atoms with E-state index >= 15 is 0 Å². The van der Waals surface area contributed by atoms with Gasteiger partial charge < -0.3 is 9.88 Å². The van der Waals surface area contributed by atoms with Crippen molar-refractivity contribution in [3.8, 4) is 0 Å². The summed E-state index contributed by atoms with van der Waals surface area (Å²) in [5.74, 6) is 2.76. The van der Waals surface area contributed by atoms with Gasteiger partial charge in [0.25, 0.3) is 0 Å². The van der Waals surface area contributed by atoms with E-state index in [0.29, 0.717) is 5.92 Å². The summed E-state index contributed by atoms with van der Waals surface area (Å²) in [6.07, 6.45) is 2.49. The molecule has 0 unspecified atom stereocenters. The molecule has 1 aliphatic rings. The van der Waals surface area contributed by atoms with E-state index in [4.69, 9.17) is 0 Å². The summed E-state index contributed by atoms with van der Waals surface area (Å²) in [6, 6.07) is 0. The minimum absolute atomic E-state index is 0.560. The highest BCUT2D eigenvalue weighted by Gasteiger charge is 2.21. The number of piperidine rings is 1. The number of rotatable bonds is 2. The summed E-state index contributed by atoms with van der Waals surface area (Å²) in [4.78, 5) is 0. The van der Waals surface area contributed by atoms with Crippen LogP contribution in [0.2, 0.25) is 0 Å². The lowest BCUT2D eigenvalue weighted by molar-refractivity contribution is 0.432. The summed E-state index contributed by atoms with van der Waals surface area (Å²) in [5, 5.41) is 11.8. The highest BCUT2D eigenvalue weighted by atomic mass is 15.3. The van der Waals surface area contributed by atoms with Crippen molar-refractivity contribution >= 4 is 0 Å². The second-order valence-electron chi connectivity index (χ2n) is 3.89. The fourth-order valence-electron chi connectivity index (χ4n) is 2.16. The fraction of sp³-hybridized carbons (Fsp3) is 0.800. The zero-order chi connectivity index (χ0) is 9.97. The average molecular weight is 194 g/mol. The van der Waals surface area contributed by atoms with Gasteiger partial charge in [-0.15, -0.1) is 10.2 Å². The molecule has 14 heavy (non-hydrogen) atoms. The van der Waals surface area contributed by atoms with E-state index in [1.807, 2.05) is 6.92 Å². The monoisotopic (exact) mass is 194 g/mol. The van der Waals surface area contributed by atoms with Gasteiger partial charge in [0.05, 0.1) is 0 Å². The van der Waals surface area contributed by atoms with Crippen LogP contribution in [-0.4, -0.2) is 27.9 Å². The lowest BCUT2D eigenvalue weighted by Gasteiger charge is -2.22. The minimum atomic E-state index is 0.560. The zero-order valence-electron chi connectivity index (χ0n) is 8.95. The molecule has 1 fully saturated rings. The Labute approximate surface area is 84.7 Å². The van der Waals surface area contributed by atoms with E-state index in [-0.39, 0.29) is 0 Å². The van der Waals surface area contributed by atoms with Crippen molar-refractivity contribution in [3.05, 3.63) is 11.6 Å². The van der Waals surface area contributed by atoms with Crippen LogP contribution < -0.4 is 5.32 Å². The van der Waals surface area contributed by atoms with Gasteiger partial charge >= 0.3 is 0 Å². The molecule has 1 atom stereocenters. The van der Waals surface area contributed by atoms with Crippen molar-refractivity contribution in [1.29, 1.82) is 0 Å². The maximum absolute atomic E-state index is 4.28. The molecule has 1 aromatic rings. The summed E-state index contributed by atoms with van der Waals surface area (Å²) in [7, 11) is 0. The van der Waals surface area contributed by atoms with Crippen molar-refractivity contribution < 1.29 is 0 Å². The topological polar surface area (TPSA) is 42.7 Å². The highest BCUT2D eigenvalue weighted by molar-refractivity contribution is 5.03. The van der Waals surface area contributed by atoms with Gasteiger partial charge in [0, 0.05) is 19.0 Å². The Morgan fingerprint density at radius 3 is 3.00 bits per heavy atom. The molecule has 0 aromatic carbocycles. The number of hydrogen-bond acceptors (Lipinski definition) is 3. The van der Waals surface area contributed by atoms with Crippen LogP contribution >= 0.6 is 0 Å². The molecule has 1 aliphatic heterocycles. The molecule has 78 valence electrons. The number of nitrogens with zero attached hydrogens (tertiary/aromatic N) is 3. The zero-order valence-corrected chi connectivity index (χ0v) is 8.95. The first kappa shape index (κ1) is 9.65. The number of hydrogen-bond donors (Lipinski definition) is 1. The molecule has 0 bridgehead atoms. The molecular weight excluding hydrogens is 176 g/mol. The van der Waals surface area contributed by atoms with Gasteiger partial charge in [-0.2, -0.15) is 0 Å². The normalized spacial score (nSPS) is 22.6. The van der Waals surface area contributed by atoms with Crippen molar-refractivity contribution in [1.82, 2.24) is 20.1 Å². The van der Waals surface area contributed by atoms with Crippen molar-refractivity contribution in [2.75, 3.05) is 13.1 Å². The molecule has 0 radical (unpaired) electrons. The first-order valence-electron chi connectivity index (χ1n) is 5.43. The van der Waals surface area contributed by atoms with Gasteiger partial charge in [0.15, 0.2) is 0 Å². The Kier molecular flexibility index (Phi) is 2.82. The molecule has 0 amide bonds. The first-order chi connectivity index (χ1) is 6.83. The number of nitrogens with one attached hydrogen (secondary N) is 1. The van der Waals surface area contributed by atoms with Gasteiger partial charge in [-0.3, -0.25) is 0 Å². The Morgan fingerprint density at radius 1 is 1.50 bits per heavy atom. The van der Waals surface area contributed by atoms with Crippen LogP contribution in [0.1, 0.15) is 37.3 Å². The second-order valence-corrected chi connectivity index (χ2v) is 3.89. The molecule has 2 rings (SSSR count). The van der Waals surface area contributed by atoms with E-state index < -0.39 is 0 Å². The van der Waals surface area contributed by atoms with Crippen LogP contribution in [-0.2, 0) is 6.54 Å². The third-order valence-corrected chi connectivity index (χ3v) is 2.94. The van der Waals surface area contributed by atoms with E-state index in [1.54, 1.807) is 0 Å². The molecule has 2 heterocycles. The fourth-order valence-corrected chi connectivity index (χ4v) is 2.16. The van der Waals surface area contributed by atoms with Crippen LogP contribution in [0.4, 0.5) is 0 Å². The summed E-state index contributed by atoms with van der Waals surface area (Å²) in [5.41, 5.74) is 0. The van der Waals surface area contributed by atoms with Crippen LogP contribution in [0, 0.1) is 6.92 Å². The standard InChI is InChI=1S/C10H18N4/c1-3-14-8(2)12-13-10(14)9-5-4-6-11-7-9/h9,11H,3-7H2,1-2H3/t9-/m1/s1. The largest absolute Gasteiger partial charge is 0.316 e. The Balaban J connectivity index is 2.21. The SMILES string of the molecule is CCn1c(C)nnc1[C@@H]1CCCNC1. The molecule has 0 saturated carbocycles. The van der Waals surface area contributed by atoms with Crippen molar-refractivity contribution in [3.63, 3.8) is 0 Å². The minimum Gasteiger partial charge on any atom is -0.316 e. The maximum atomic E-state index is 4.28. The molecule has 1 saturated heterocycles. The van der Waals surface area contributed by atoms with Crippen LogP contribution in [0.5, 0.6) is 0 Å². The summed E-state index contributed by atoms with van der Waals surface area (Å²) >= 11 is 0. The third kappa shape index (κ3) is 1.66. The molecular formula is C10H18N4. The number of aryl methyl sites for hydroxylation is 1. The van der Waals surface area contributed by atoms with E-state index in [1.165, 1.54) is 12.8 Å². The lowest BCUT2D eigenvalue weighted by Crippen LogP contribution is -2.30. The van der Waals surface area contributed by atoms with E-state index in [2.05, 4.69) is 27.0 Å². The second kappa shape index (κ2) is 4.09. The third-order valence-electron chi connectivity index (χ3n) is 2.94. The smallest absolute Gasteiger partial charge is 0.137 e. The quantitative estimate of drug-likeness (QED) is 0.766. The van der Waals surface area contributed by atoms with E-state index in [9.17, 15) is 0 Å². The summed E-state index contributed by atoms with van der Waals surface area (Å²) < 4.78 is 2.22. The summed E-state index contributed by atoms with van der Waals surface area (Å²) in [6.45, 7) is 7.35. The Morgan fingerprint density at radius 2 is 2.36 bits per heavy atom. The number of aromatic nitrogens is 3. The molecule has 4 nitrogen and oxygen atoms in total. The predicted molar refractivity (Wildman–Crippen MR) is 55.3 cm³/mol. The van der Waals surface area contributed by atoms with E-state index in [0.717, 1.165) is 31.3 Å². The van der Waals surface area contributed by atoms with Gasteiger partial charge in [-0.25, -0.2) is 0 Å². The molecule has 4 heteroatoms. The average Bonchev–Trinajstić information content (AvgIpc) is 2.61.